The lowest BCUT2D eigenvalue weighted by Crippen LogP contribution is -2.04. The van der Waals surface area contributed by atoms with Crippen molar-refractivity contribution >= 4 is 32.8 Å². The lowest BCUT2D eigenvalue weighted by atomic mass is 9.98. The molecule has 2 nitrogen and oxygen atoms in total. The van der Waals surface area contributed by atoms with Gasteiger partial charge in [-0.15, -0.1) is 0 Å². The molecule has 7 heteroatoms. The van der Waals surface area contributed by atoms with Crippen LogP contribution in [0.3, 0.4) is 0 Å². The molecule has 0 radical (unpaired) electrons. The number of benzene rings is 2. The van der Waals surface area contributed by atoms with Crippen molar-refractivity contribution in [2.75, 3.05) is 6.26 Å². The summed E-state index contributed by atoms with van der Waals surface area (Å²) in [7, 11) is -3.99. The molecule has 0 saturated heterocycles. The minimum atomic E-state index is -3.99. The average molecular weight is 399 g/mol. The van der Waals surface area contributed by atoms with Gasteiger partial charge in [0.2, 0.25) is 0 Å². The maximum atomic E-state index is 14.2. The molecule has 0 atom stereocenters. The first kappa shape index (κ1) is 18.0. The Bertz CT molecular complexity index is 1050. The highest BCUT2D eigenvalue weighted by molar-refractivity contribution is 7.90. The molecule has 0 spiro atoms. The maximum absolute atomic E-state index is 14.2. The van der Waals surface area contributed by atoms with Gasteiger partial charge in [-0.3, -0.25) is 0 Å². The van der Waals surface area contributed by atoms with Crippen LogP contribution in [0.2, 0.25) is 5.02 Å². The molecule has 3 aromatic rings. The van der Waals surface area contributed by atoms with Crippen LogP contribution in [0.5, 0.6) is 0 Å². The summed E-state index contributed by atoms with van der Waals surface area (Å²) in [6, 6.07) is 7.62. The molecule has 0 aliphatic heterocycles. The third-order valence-electron chi connectivity index (χ3n) is 3.82. The second-order valence-corrected chi connectivity index (χ2v) is 8.81. The van der Waals surface area contributed by atoms with Crippen LogP contribution in [0.15, 0.2) is 46.0 Å². The second-order valence-electron chi connectivity index (χ2n) is 5.70. The van der Waals surface area contributed by atoms with Crippen molar-refractivity contribution < 1.29 is 17.2 Å². The van der Waals surface area contributed by atoms with Crippen LogP contribution in [0.25, 0.3) is 22.3 Å². The minimum Gasteiger partial charge on any atom is -0.224 e. The summed E-state index contributed by atoms with van der Waals surface area (Å²) in [5, 5.41) is 4.22. The van der Waals surface area contributed by atoms with Crippen molar-refractivity contribution in [2.45, 2.75) is 11.8 Å². The standard InChI is InChI=1S/C18H13ClF2O2S2/c1-10-3-4-11(5-15(10)19)13-8-24-9-14(13)12-6-16(20)18(17(21)7-12)25(2,22)23/h3-9H,1-2H3. The van der Waals surface area contributed by atoms with Crippen LogP contribution in [-0.2, 0) is 9.84 Å². The highest BCUT2D eigenvalue weighted by Gasteiger charge is 2.22. The van der Waals surface area contributed by atoms with E-state index in [9.17, 15) is 17.2 Å². The number of sulfone groups is 1. The van der Waals surface area contributed by atoms with E-state index in [4.69, 9.17) is 11.6 Å². The van der Waals surface area contributed by atoms with E-state index in [1.807, 2.05) is 24.4 Å². The molecule has 0 amide bonds. The first-order valence-electron chi connectivity index (χ1n) is 7.20. The number of halogens is 3. The smallest absolute Gasteiger partial charge is 0.181 e. The van der Waals surface area contributed by atoms with Crippen molar-refractivity contribution in [3.63, 3.8) is 0 Å². The maximum Gasteiger partial charge on any atom is 0.181 e. The molecule has 130 valence electrons. The Morgan fingerprint density at radius 2 is 1.52 bits per heavy atom. The monoisotopic (exact) mass is 398 g/mol. The van der Waals surface area contributed by atoms with Gasteiger partial charge in [0, 0.05) is 22.4 Å². The summed E-state index contributed by atoms with van der Waals surface area (Å²) >= 11 is 7.55. The SMILES string of the molecule is Cc1ccc(-c2cscc2-c2cc(F)c(S(C)(=O)=O)c(F)c2)cc1Cl. The van der Waals surface area contributed by atoms with E-state index < -0.39 is 26.4 Å². The van der Waals surface area contributed by atoms with E-state index in [2.05, 4.69) is 0 Å². The Morgan fingerprint density at radius 1 is 0.960 bits per heavy atom. The lowest BCUT2D eigenvalue weighted by molar-refractivity contribution is 0.522. The van der Waals surface area contributed by atoms with Gasteiger partial charge < -0.3 is 0 Å². The lowest BCUT2D eigenvalue weighted by Gasteiger charge is -2.09. The number of rotatable bonds is 3. The van der Waals surface area contributed by atoms with Gasteiger partial charge >= 0.3 is 0 Å². The van der Waals surface area contributed by atoms with Crippen LogP contribution in [0.4, 0.5) is 8.78 Å². The normalized spacial score (nSPS) is 11.7. The zero-order valence-corrected chi connectivity index (χ0v) is 15.7. The third kappa shape index (κ3) is 3.47. The van der Waals surface area contributed by atoms with Crippen molar-refractivity contribution in [3.8, 4) is 22.3 Å². The highest BCUT2D eigenvalue weighted by Crippen LogP contribution is 2.38. The molecule has 0 unspecified atom stereocenters. The number of hydrogen-bond acceptors (Lipinski definition) is 3. The first-order valence-corrected chi connectivity index (χ1v) is 10.4. The predicted molar refractivity (Wildman–Crippen MR) is 98.0 cm³/mol. The van der Waals surface area contributed by atoms with Gasteiger partial charge in [0.1, 0.15) is 16.5 Å². The fraction of sp³-hybridized carbons (Fsp3) is 0.111. The van der Waals surface area contributed by atoms with E-state index in [-0.39, 0.29) is 5.56 Å². The molecular formula is C18H13ClF2O2S2. The van der Waals surface area contributed by atoms with E-state index in [1.165, 1.54) is 11.3 Å². The summed E-state index contributed by atoms with van der Waals surface area (Å²) in [5.74, 6) is -2.20. The van der Waals surface area contributed by atoms with Gasteiger partial charge in [-0.05, 0) is 52.6 Å². The van der Waals surface area contributed by atoms with Crippen LogP contribution in [0.1, 0.15) is 5.56 Å². The molecule has 0 saturated carbocycles. The molecule has 1 heterocycles. The van der Waals surface area contributed by atoms with Crippen molar-refractivity contribution in [1.29, 1.82) is 0 Å². The van der Waals surface area contributed by atoms with Crippen LogP contribution in [0, 0.1) is 18.6 Å². The van der Waals surface area contributed by atoms with Crippen molar-refractivity contribution in [2.24, 2.45) is 0 Å². The van der Waals surface area contributed by atoms with Gasteiger partial charge in [0.15, 0.2) is 9.84 Å². The van der Waals surface area contributed by atoms with E-state index in [1.54, 1.807) is 11.4 Å². The van der Waals surface area contributed by atoms with Crippen LogP contribution >= 0.6 is 22.9 Å². The molecule has 2 aromatic carbocycles. The van der Waals surface area contributed by atoms with Gasteiger partial charge in [0.05, 0.1) is 0 Å². The predicted octanol–water partition coefficient (Wildman–Crippen LogP) is 5.73. The summed E-state index contributed by atoms with van der Waals surface area (Å²) in [6.45, 7) is 1.88. The number of aryl methyl sites for hydroxylation is 1. The van der Waals surface area contributed by atoms with Crippen LogP contribution < -0.4 is 0 Å². The molecule has 1 aromatic heterocycles. The second kappa shape index (κ2) is 6.52. The molecule has 0 aliphatic carbocycles. The van der Waals surface area contributed by atoms with Crippen LogP contribution in [-0.4, -0.2) is 14.7 Å². The first-order chi connectivity index (χ1) is 11.7. The fourth-order valence-corrected chi connectivity index (χ4v) is 4.45. The van der Waals surface area contributed by atoms with E-state index in [0.29, 0.717) is 10.6 Å². The Labute approximate surface area is 153 Å². The molecule has 0 bridgehead atoms. The third-order valence-corrected chi connectivity index (χ3v) is 6.11. The van der Waals surface area contributed by atoms with E-state index >= 15 is 0 Å². The largest absolute Gasteiger partial charge is 0.224 e. The Kier molecular flexibility index (Phi) is 4.70. The highest BCUT2D eigenvalue weighted by atomic mass is 35.5. The van der Waals surface area contributed by atoms with E-state index in [0.717, 1.165) is 35.1 Å². The fourth-order valence-electron chi connectivity index (χ4n) is 2.57. The van der Waals surface area contributed by atoms with Gasteiger partial charge in [-0.2, -0.15) is 11.3 Å². The number of hydrogen-bond donors (Lipinski definition) is 0. The van der Waals surface area contributed by atoms with Gasteiger partial charge in [0.25, 0.3) is 0 Å². The zero-order valence-electron chi connectivity index (χ0n) is 13.3. The summed E-state index contributed by atoms with van der Waals surface area (Å²) in [4.78, 5) is -0.911. The molecule has 25 heavy (non-hydrogen) atoms. The van der Waals surface area contributed by atoms with Gasteiger partial charge in [-0.1, -0.05) is 23.7 Å². The van der Waals surface area contributed by atoms with Crippen molar-refractivity contribution in [3.05, 3.63) is 63.3 Å². The molecular weight excluding hydrogens is 386 g/mol. The number of thiophene rings is 1. The molecule has 0 N–H and O–H groups in total. The Balaban J connectivity index is 2.17. The topological polar surface area (TPSA) is 34.1 Å². The minimum absolute atomic E-state index is 0.273. The Morgan fingerprint density at radius 3 is 2.04 bits per heavy atom. The van der Waals surface area contributed by atoms with Crippen molar-refractivity contribution in [1.82, 2.24) is 0 Å². The summed E-state index contributed by atoms with van der Waals surface area (Å²) < 4.78 is 51.5. The molecule has 3 rings (SSSR count). The molecule has 0 fully saturated rings. The Hall–Kier alpha value is -1.76. The summed E-state index contributed by atoms with van der Waals surface area (Å²) in [5.41, 5.74) is 3.41. The zero-order chi connectivity index (χ0) is 18.4. The van der Waals surface area contributed by atoms with Gasteiger partial charge in [-0.25, -0.2) is 17.2 Å². The quantitative estimate of drug-likeness (QED) is 0.565. The summed E-state index contributed by atoms with van der Waals surface area (Å²) in [6.07, 6.45) is 0.776. The molecule has 0 aliphatic rings. The average Bonchev–Trinajstić information content (AvgIpc) is 2.97.